The van der Waals surface area contributed by atoms with Crippen LogP contribution in [0.3, 0.4) is 0 Å². The van der Waals surface area contributed by atoms with Gasteiger partial charge in [0.25, 0.3) is 0 Å². The Bertz CT molecular complexity index is 825. The summed E-state index contributed by atoms with van der Waals surface area (Å²) in [6, 6.07) is 17.1. The molecule has 7 heteroatoms. The Labute approximate surface area is 203 Å². The lowest BCUT2D eigenvalue weighted by Gasteiger charge is -2.35. The molecule has 6 nitrogen and oxygen atoms in total. The van der Waals surface area contributed by atoms with E-state index in [-0.39, 0.29) is 30.0 Å². The molecule has 0 spiro atoms. The molecule has 3 rings (SSSR count). The molecule has 1 unspecified atom stereocenters. The SMILES string of the molecule is CCNC(=NCc1cccc(OC)c1)NCC(c1cccc(C)c1)N1CCOCC1.I. The number of nitrogens with one attached hydrogen (secondary N) is 2. The van der Waals surface area contributed by atoms with Gasteiger partial charge in [-0.2, -0.15) is 0 Å². The lowest BCUT2D eigenvalue weighted by molar-refractivity contribution is 0.0170. The van der Waals surface area contributed by atoms with E-state index in [0.29, 0.717) is 6.54 Å². The van der Waals surface area contributed by atoms with E-state index in [1.807, 2.05) is 18.2 Å². The molecular formula is C24H35IN4O2. The van der Waals surface area contributed by atoms with E-state index in [0.717, 1.165) is 56.7 Å². The van der Waals surface area contributed by atoms with Gasteiger partial charge in [0, 0.05) is 26.2 Å². The smallest absolute Gasteiger partial charge is 0.191 e. The first kappa shape index (κ1) is 25.4. The Kier molecular flexibility index (Phi) is 11.1. The number of hydrogen-bond acceptors (Lipinski definition) is 4. The number of methoxy groups -OCH3 is 1. The number of halogens is 1. The van der Waals surface area contributed by atoms with Gasteiger partial charge in [0.2, 0.25) is 0 Å². The van der Waals surface area contributed by atoms with E-state index in [2.05, 4.69) is 59.7 Å². The van der Waals surface area contributed by atoms with Gasteiger partial charge in [-0.25, -0.2) is 4.99 Å². The third-order valence-corrected chi connectivity index (χ3v) is 5.27. The zero-order valence-electron chi connectivity index (χ0n) is 18.8. The highest BCUT2D eigenvalue weighted by molar-refractivity contribution is 14.0. The van der Waals surface area contributed by atoms with Crippen molar-refractivity contribution in [3.63, 3.8) is 0 Å². The summed E-state index contributed by atoms with van der Waals surface area (Å²) in [6.07, 6.45) is 0. The highest BCUT2D eigenvalue weighted by atomic mass is 127. The Hall–Kier alpha value is -1.84. The number of aliphatic imine (C=N–C) groups is 1. The predicted molar refractivity (Wildman–Crippen MR) is 138 cm³/mol. The van der Waals surface area contributed by atoms with Gasteiger partial charge in [0.15, 0.2) is 5.96 Å². The molecule has 1 heterocycles. The zero-order valence-corrected chi connectivity index (χ0v) is 21.1. The van der Waals surface area contributed by atoms with Crippen LogP contribution >= 0.6 is 24.0 Å². The molecule has 2 N–H and O–H groups in total. The second-order valence-corrected chi connectivity index (χ2v) is 7.51. The van der Waals surface area contributed by atoms with E-state index in [1.54, 1.807) is 7.11 Å². The highest BCUT2D eigenvalue weighted by Crippen LogP contribution is 2.22. The van der Waals surface area contributed by atoms with Crippen molar-refractivity contribution in [1.29, 1.82) is 0 Å². The van der Waals surface area contributed by atoms with E-state index >= 15 is 0 Å². The molecule has 1 fully saturated rings. The number of guanidine groups is 1. The molecule has 1 aliphatic rings. The van der Waals surface area contributed by atoms with E-state index < -0.39 is 0 Å². The van der Waals surface area contributed by atoms with Gasteiger partial charge in [-0.15, -0.1) is 24.0 Å². The van der Waals surface area contributed by atoms with Crippen molar-refractivity contribution in [2.24, 2.45) is 4.99 Å². The molecular weight excluding hydrogens is 503 g/mol. The van der Waals surface area contributed by atoms with Crippen LogP contribution in [0.5, 0.6) is 5.75 Å². The minimum absolute atomic E-state index is 0. The Morgan fingerprint density at radius 1 is 1.13 bits per heavy atom. The molecule has 2 aromatic rings. The molecule has 0 amide bonds. The minimum Gasteiger partial charge on any atom is -0.497 e. The standard InChI is InChI=1S/C24H34N4O2.HI/c1-4-25-24(26-17-20-8-6-10-22(16-20)29-3)27-18-23(28-11-13-30-14-12-28)21-9-5-7-19(2)15-21;/h5-10,15-16,23H,4,11-14,17-18H2,1-3H3,(H2,25,26,27);1H. The number of nitrogens with zero attached hydrogens (tertiary/aromatic N) is 2. The maximum absolute atomic E-state index is 5.57. The number of ether oxygens (including phenoxy) is 2. The molecule has 0 saturated carbocycles. The van der Waals surface area contributed by atoms with Gasteiger partial charge in [0.05, 0.1) is 32.9 Å². The van der Waals surface area contributed by atoms with Crippen LogP contribution in [0.2, 0.25) is 0 Å². The Balaban J connectivity index is 0.00000341. The van der Waals surface area contributed by atoms with Crippen molar-refractivity contribution >= 4 is 29.9 Å². The average Bonchev–Trinajstić information content (AvgIpc) is 2.78. The zero-order chi connectivity index (χ0) is 21.2. The van der Waals surface area contributed by atoms with Crippen molar-refractivity contribution in [2.45, 2.75) is 26.4 Å². The highest BCUT2D eigenvalue weighted by Gasteiger charge is 2.23. The number of benzene rings is 2. The van der Waals surface area contributed by atoms with Crippen LogP contribution in [0, 0.1) is 6.92 Å². The molecule has 2 aromatic carbocycles. The molecule has 170 valence electrons. The van der Waals surface area contributed by atoms with Crippen LogP contribution in [0.1, 0.15) is 29.7 Å². The van der Waals surface area contributed by atoms with Gasteiger partial charge in [-0.1, -0.05) is 42.0 Å². The average molecular weight is 538 g/mol. The summed E-state index contributed by atoms with van der Waals surface area (Å²) < 4.78 is 10.9. The maximum Gasteiger partial charge on any atom is 0.191 e. The van der Waals surface area contributed by atoms with Gasteiger partial charge in [-0.3, -0.25) is 4.90 Å². The summed E-state index contributed by atoms with van der Waals surface area (Å²) in [5.41, 5.74) is 3.73. The first-order valence-corrected chi connectivity index (χ1v) is 10.7. The monoisotopic (exact) mass is 538 g/mol. The molecule has 1 aliphatic heterocycles. The van der Waals surface area contributed by atoms with Gasteiger partial charge in [-0.05, 0) is 37.1 Å². The lowest BCUT2D eigenvalue weighted by Crippen LogP contribution is -2.46. The van der Waals surface area contributed by atoms with Crippen LogP contribution < -0.4 is 15.4 Å². The normalized spacial score (nSPS) is 15.6. The van der Waals surface area contributed by atoms with E-state index in [4.69, 9.17) is 14.5 Å². The molecule has 0 aromatic heterocycles. The predicted octanol–water partition coefficient (Wildman–Crippen LogP) is 3.75. The summed E-state index contributed by atoms with van der Waals surface area (Å²) in [5, 5.41) is 6.93. The number of rotatable bonds is 8. The summed E-state index contributed by atoms with van der Waals surface area (Å²) in [6.45, 7) is 9.88. The molecule has 1 saturated heterocycles. The van der Waals surface area contributed by atoms with Crippen LogP contribution in [0.25, 0.3) is 0 Å². The van der Waals surface area contributed by atoms with Crippen LogP contribution in [0.15, 0.2) is 53.5 Å². The largest absolute Gasteiger partial charge is 0.497 e. The van der Waals surface area contributed by atoms with E-state index in [9.17, 15) is 0 Å². The molecule has 0 bridgehead atoms. The van der Waals surface area contributed by atoms with Gasteiger partial charge in [0.1, 0.15) is 5.75 Å². The van der Waals surface area contributed by atoms with Crippen molar-refractivity contribution in [3.8, 4) is 5.75 Å². The molecule has 31 heavy (non-hydrogen) atoms. The van der Waals surface area contributed by atoms with Crippen LogP contribution in [-0.4, -0.2) is 57.4 Å². The second kappa shape index (κ2) is 13.5. The quantitative estimate of drug-likeness (QED) is 0.305. The Morgan fingerprint density at radius 2 is 1.90 bits per heavy atom. The number of morpholine rings is 1. The van der Waals surface area contributed by atoms with Crippen LogP contribution in [-0.2, 0) is 11.3 Å². The Morgan fingerprint density at radius 3 is 2.61 bits per heavy atom. The lowest BCUT2D eigenvalue weighted by atomic mass is 10.0. The topological polar surface area (TPSA) is 58.1 Å². The first-order valence-electron chi connectivity index (χ1n) is 10.7. The summed E-state index contributed by atoms with van der Waals surface area (Å²) in [5.74, 6) is 1.68. The van der Waals surface area contributed by atoms with Crippen molar-refractivity contribution < 1.29 is 9.47 Å². The third kappa shape index (κ3) is 7.97. The first-order chi connectivity index (χ1) is 14.7. The van der Waals surface area contributed by atoms with Crippen LogP contribution in [0.4, 0.5) is 0 Å². The summed E-state index contributed by atoms with van der Waals surface area (Å²) in [4.78, 5) is 7.28. The second-order valence-electron chi connectivity index (χ2n) is 7.51. The van der Waals surface area contributed by atoms with E-state index in [1.165, 1.54) is 11.1 Å². The molecule has 1 atom stereocenters. The van der Waals surface area contributed by atoms with Crippen molar-refractivity contribution in [3.05, 3.63) is 65.2 Å². The fourth-order valence-electron chi connectivity index (χ4n) is 3.70. The fourth-order valence-corrected chi connectivity index (χ4v) is 3.70. The summed E-state index contributed by atoms with van der Waals surface area (Å²) >= 11 is 0. The van der Waals surface area contributed by atoms with Crippen molar-refractivity contribution in [2.75, 3.05) is 46.5 Å². The van der Waals surface area contributed by atoms with Gasteiger partial charge < -0.3 is 20.1 Å². The maximum atomic E-state index is 5.57. The minimum atomic E-state index is 0. The summed E-state index contributed by atoms with van der Waals surface area (Å²) in [7, 11) is 1.69. The fraction of sp³-hybridized carbons (Fsp3) is 0.458. The molecule has 0 radical (unpaired) electrons. The van der Waals surface area contributed by atoms with Crippen molar-refractivity contribution in [1.82, 2.24) is 15.5 Å². The molecule has 0 aliphatic carbocycles. The third-order valence-electron chi connectivity index (χ3n) is 5.27. The number of hydrogen-bond donors (Lipinski definition) is 2. The number of aryl methyl sites for hydroxylation is 1. The van der Waals surface area contributed by atoms with Gasteiger partial charge >= 0.3 is 0 Å².